The Morgan fingerprint density at radius 3 is 2.26 bits per heavy atom. The predicted octanol–water partition coefficient (Wildman–Crippen LogP) is 3.94. The zero-order valence-electron chi connectivity index (χ0n) is 15.3. The molecule has 0 saturated heterocycles. The van der Waals surface area contributed by atoms with Gasteiger partial charge in [0.25, 0.3) is 5.56 Å². The summed E-state index contributed by atoms with van der Waals surface area (Å²) in [5.41, 5.74) is 3.13. The van der Waals surface area contributed by atoms with Gasteiger partial charge in [-0.1, -0.05) is 38.1 Å². The zero-order chi connectivity index (χ0) is 16.0. The van der Waals surface area contributed by atoms with E-state index in [1.165, 1.54) is 4.68 Å². The van der Waals surface area contributed by atoms with Crippen molar-refractivity contribution in [2.75, 3.05) is 6.61 Å². The van der Waals surface area contributed by atoms with Crippen LogP contribution in [0.3, 0.4) is 0 Å². The minimum atomic E-state index is -0.136. The normalized spacial score (nSPS) is 8.96. The number of hydrogen-bond donors (Lipinski definition) is 0. The first kappa shape index (κ1) is 24.3. The Hall–Kier alpha value is -0.996. The largest absolute Gasteiger partial charge is 0.491 e. The van der Waals surface area contributed by atoms with E-state index in [-0.39, 0.29) is 45.7 Å². The molecule has 0 bridgehead atoms. The van der Waals surface area contributed by atoms with Gasteiger partial charge in [-0.2, -0.15) is 5.10 Å². The van der Waals surface area contributed by atoms with Crippen LogP contribution < -0.4 is 10.3 Å². The predicted molar refractivity (Wildman–Crippen MR) is 93.3 cm³/mol. The molecule has 0 spiro atoms. The van der Waals surface area contributed by atoms with Crippen molar-refractivity contribution in [3.8, 4) is 16.9 Å². The van der Waals surface area contributed by atoms with E-state index in [2.05, 4.69) is 5.10 Å². The molecule has 125 valence electrons. The maximum atomic E-state index is 12.4. The summed E-state index contributed by atoms with van der Waals surface area (Å²) in [5.74, 6) is 0.583. The fourth-order valence-electron chi connectivity index (χ4n) is 2.17. The number of rotatable bonds is 3. The van der Waals surface area contributed by atoms with Crippen LogP contribution >= 0.6 is 0 Å². The zero-order valence-corrected chi connectivity index (χ0v) is 18.1. The van der Waals surface area contributed by atoms with Crippen molar-refractivity contribution >= 4 is 0 Å². The fourth-order valence-corrected chi connectivity index (χ4v) is 2.17. The second-order valence-electron chi connectivity index (χ2n) is 4.47. The summed E-state index contributed by atoms with van der Waals surface area (Å²) in [6.07, 6.45) is 0. The maximum absolute atomic E-state index is 12.4. The van der Waals surface area contributed by atoms with Gasteiger partial charge in [-0.05, 0) is 31.9 Å². The summed E-state index contributed by atoms with van der Waals surface area (Å²) in [4.78, 5) is 12.4. The van der Waals surface area contributed by atoms with Crippen molar-refractivity contribution < 1.29 is 37.4 Å². The quantitative estimate of drug-likeness (QED) is 0.744. The first-order valence-electron chi connectivity index (χ1n) is 7.33. The second-order valence-corrected chi connectivity index (χ2v) is 4.47. The smallest absolute Gasteiger partial charge is 0.278 e. The van der Waals surface area contributed by atoms with Crippen LogP contribution in [-0.4, -0.2) is 16.4 Å². The van der Waals surface area contributed by atoms with Gasteiger partial charge in [-0.25, -0.2) is 4.68 Å². The number of nitrogens with zero attached hydrogens (tertiary/aromatic N) is 2. The Labute approximate surface area is 165 Å². The van der Waals surface area contributed by atoms with E-state index >= 15 is 0 Å². The van der Waals surface area contributed by atoms with E-state index < -0.39 is 0 Å². The van der Waals surface area contributed by atoms with Gasteiger partial charge in [-0.3, -0.25) is 4.79 Å². The third-order valence-corrected chi connectivity index (χ3v) is 3.07. The van der Waals surface area contributed by atoms with Gasteiger partial charge in [0.2, 0.25) is 0 Å². The molecule has 0 aliphatic carbocycles. The SMILES string of the molecule is CC.CCOc1c(C)nn(C)c(=O)c1-c1ccccc1C.[CH3-].[Y]. The van der Waals surface area contributed by atoms with E-state index in [9.17, 15) is 4.79 Å². The molecule has 4 nitrogen and oxygen atoms in total. The van der Waals surface area contributed by atoms with Crippen LogP contribution in [0.25, 0.3) is 11.1 Å². The van der Waals surface area contributed by atoms with Crippen LogP contribution in [0.4, 0.5) is 0 Å². The molecule has 0 fully saturated rings. The van der Waals surface area contributed by atoms with Gasteiger partial charge in [-0.15, -0.1) is 0 Å². The summed E-state index contributed by atoms with van der Waals surface area (Å²) in [7, 11) is 1.66. The van der Waals surface area contributed by atoms with E-state index in [1.54, 1.807) is 7.05 Å². The minimum absolute atomic E-state index is 0. The summed E-state index contributed by atoms with van der Waals surface area (Å²) >= 11 is 0. The third kappa shape index (κ3) is 5.54. The fraction of sp³-hybridized carbons (Fsp3) is 0.389. The summed E-state index contributed by atoms with van der Waals surface area (Å²) < 4.78 is 7.00. The third-order valence-electron chi connectivity index (χ3n) is 3.07. The van der Waals surface area contributed by atoms with E-state index in [0.717, 1.165) is 16.8 Å². The number of hydrogen-bond acceptors (Lipinski definition) is 3. The van der Waals surface area contributed by atoms with Crippen LogP contribution in [0.5, 0.6) is 5.75 Å². The number of aryl methyl sites for hydroxylation is 3. The van der Waals surface area contributed by atoms with Gasteiger partial charge >= 0.3 is 0 Å². The van der Waals surface area contributed by atoms with Crippen molar-refractivity contribution in [1.29, 1.82) is 0 Å². The van der Waals surface area contributed by atoms with Crippen LogP contribution in [0.15, 0.2) is 29.1 Å². The Kier molecular flexibility index (Phi) is 12.2. The van der Waals surface area contributed by atoms with Crippen LogP contribution in [0.1, 0.15) is 32.0 Å². The Morgan fingerprint density at radius 1 is 1.17 bits per heavy atom. The Bertz CT molecular complexity index is 667. The van der Waals surface area contributed by atoms with Crippen molar-refractivity contribution in [2.45, 2.75) is 34.6 Å². The Balaban J connectivity index is 0. The van der Waals surface area contributed by atoms with Crippen LogP contribution in [0, 0.1) is 21.3 Å². The second kappa shape index (κ2) is 11.5. The molecule has 2 aromatic rings. The van der Waals surface area contributed by atoms with Crippen molar-refractivity contribution in [2.24, 2.45) is 7.05 Å². The van der Waals surface area contributed by atoms with Crippen LogP contribution in [-0.2, 0) is 39.8 Å². The molecule has 1 radical (unpaired) electrons. The molecule has 1 aromatic carbocycles. The molecule has 23 heavy (non-hydrogen) atoms. The first-order valence-corrected chi connectivity index (χ1v) is 7.33. The molecule has 2 rings (SSSR count). The van der Waals surface area contributed by atoms with E-state index in [1.807, 2.05) is 58.9 Å². The Morgan fingerprint density at radius 2 is 1.74 bits per heavy atom. The monoisotopic (exact) mass is 392 g/mol. The van der Waals surface area contributed by atoms with E-state index in [0.29, 0.717) is 17.9 Å². The van der Waals surface area contributed by atoms with Gasteiger partial charge < -0.3 is 12.2 Å². The van der Waals surface area contributed by atoms with Crippen molar-refractivity contribution in [3.63, 3.8) is 0 Å². The van der Waals surface area contributed by atoms with Gasteiger partial charge in [0.15, 0.2) is 5.75 Å². The van der Waals surface area contributed by atoms with Gasteiger partial charge in [0.05, 0.1) is 12.2 Å². The summed E-state index contributed by atoms with van der Waals surface area (Å²) in [5, 5.41) is 4.19. The molecule has 0 N–H and O–H groups in total. The molecule has 0 saturated carbocycles. The molecule has 1 heterocycles. The molecule has 1 aromatic heterocycles. The van der Waals surface area contributed by atoms with Gasteiger partial charge in [0.1, 0.15) is 5.69 Å². The number of aromatic nitrogens is 2. The van der Waals surface area contributed by atoms with E-state index in [4.69, 9.17) is 4.74 Å². The average molecular weight is 392 g/mol. The maximum Gasteiger partial charge on any atom is 0.278 e. The number of ether oxygens (including phenoxy) is 1. The molecular formula is C18H27N2O2Y-. The number of benzene rings is 1. The van der Waals surface area contributed by atoms with Crippen LogP contribution in [0.2, 0.25) is 0 Å². The first-order chi connectivity index (χ1) is 10.1. The standard InChI is InChI=1S/C15H18N2O2.C2H6.CH3.Y/c1-5-19-14-11(3)16-17(4)15(18)13(14)12-9-7-6-8-10(12)2;1-2;;/h6-9H,5H2,1-4H3;1-2H3;1H3;/q;;-1;. The molecule has 0 aliphatic rings. The molecule has 5 heteroatoms. The van der Waals surface area contributed by atoms with Crippen molar-refractivity contribution in [1.82, 2.24) is 9.78 Å². The molecule has 0 amide bonds. The molecule has 0 atom stereocenters. The molecule has 0 unspecified atom stereocenters. The average Bonchev–Trinajstić information content (AvgIpc) is 2.48. The molecule has 0 aliphatic heterocycles. The minimum Gasteiger partial charge on any atom is -0.491 e. The topological polar surface area (TPSA) is 44.1 Å². The summed E-state index contributed by atoms with van der Waals surface area (Å²) in [6, 6.07) is 7.80. The molecular weight excluding hydrogens is 365 g/mol. The van der Waals surface area contributed by atoms with Crippen molar-refractivity contribution in [3.05, 3.63) is 53.3 Å². The summed E-state index contributed by atoms with van der Waals surface area (Å²) in [6.45, 7) is 10.2. The van der Waals surface area contributed by atoms with Gasteiger partial charge in [0, 0.05) is 39.8 Å².